The van der Waals surface area contributed by atoms with E-state index in [1.165, 1.54) is 41.4 Å². The van der Waals surface area contributed by atoms with Crippen LogP contribution < -0.4 is 5.56 Å². The Balaban J connectivity index is 1.92. The lowest BCUT2D eigenvalue weighted by Crippen LogP contribution is -2.14. The Bertz CT molecular complexity index is 1180. The van der Waals surface area contributed by atoms with Gasteiger partial charge in [0.05, 0.1) is 11.3 Å². The molecule has 4 rings (SSSR count). The lowest BCUT2D eigenvalue weighted by molar-refractivity contribution is -0.137. The summed E-state index contributed by atoms with van der Waals surface area (Å²) in [5.41, 5.74) is 1.87. The first kappa shape index (κ1) is 17.0. The minimum atomic E-state index is -4.41. The molecule has 0 unspecified atom stereocenters. The summed E-state index contributed by atoms with van der Waals surface area (Å²) >= 11 is 0. The summed E-state index contributed by atoms with van der Waals surface area (Å²) in [7, 11) is 0. The highest BCUT2D eigenvalue weighted by molar-refractivity contribution is 5.81. The number of H-pyrrole nitrogens is 1. The van der Waals surface area contributed by atoms with Crippen LogP contribution in [0.15, 0.2) is 53.8 Å². The second-order valence-corrected chi connectivity index (χ2v) is 5.95. The molecule has 0 atom stereocenters. The van der Waals surface area contributed by atoms with Gasteiger partial charge in [0, 0.05) is 35.3 Å². The second-order valence-electron chi connectivity index (χ2n) is 5.95. The molecule has 0 amide bonds. The Kier molecular flexibility index (Phi) is 3.79. The van der Waals surface area contributed by atoms with Gasteiger partial charge < -0.3 is 0 Å². The molecule has 3 aromatic heterocycles. The molecule has 0 saturated carbocycles. The summed E-state index contributed by atoms with van der Waals surface area (Å²) in [6.07, 6.45) is 0.0115. The maximum atomic E-state index is 12.8. The van der Waals surface area contributed by atoms with E-state index in [4.69, 9.17) is 0 Å². The van der Waals surface area contributed by atoms with Gasteiger partial charge >= 0.3 is 6.18 Å². The van der Waals surface area contributed by atoms with Crippen LogP contribution >= 0.6 is 0 Å². The van der Waals surface area contributed by atoms with E-state index in [0.717, 1.165) is 12.1 Å². The quantitative estimate of drug-likeness (QED) is 0.585. The predicted octanol–water partition coefficient (Wildman–Crippen LogP) is 3.47. The Morgan fingerprint density at radius 1 is 1.04 bits per heavy atom. The van der Waals surface area contributed by atoms with Gasteiger partial charge in [-0.25, -0.2) is 19.5 Å². The molecule has 0 aliphatic carbocycles. The normalized spacial score (nSPS) is 11.9. The molecule has 0 aliphatic rings. The summed E-state index contributed by atoms with van der Waals surface area (Å²) in [5.74, 6) is 0. The number of aromatic nitrogens is 5. The molecule has 4 aromatic rings. The van der Waals surface area contributed by atoms with Crippen molar-refractivity contribution in [1.82, 2.24) is 24.6 Å². The average molecular weight is 371 g/mol. The van der Waals surface area contributed by atoms with E-state index in [2.05, 4.69) is 20.1 Å². The van der Waals surface area contributed by atoms with E-state index in [1.807, 2.05) is 0 Å². The molecule has 1 N–H and O–H groups in total. The van der Waals surface area contributed by atoms with Gasteiger partial charge in [-0.2, -0.15) is 13.2 Å². The van der Waals surface area contributed by atoms with Crippen LogP contribution in [-0.4, -0.2) is 24.6 Å². The molecule has 0 aliphatic heterocycles. The molecule has 27 heavy (non-hydrogen) atoms. The maximum absolute atomic E-state index is 12.8. The Morgan fingerprint density at radius 3 is 2.33 bits per heavy atom. The van der Waals surface area contributed by atoms with Crippen molar-refractivity contribution in [3.8, 4) is 22.4 Å². The van der Waals surface area contributed by atoms with Crippen molar-refractivity contribution < 1.29 is 13.2 Å². The molecule has 0 saturated heterocycles. The van der Waals surface area contributed by atoms with Crippen LogP contribution in [0, 0.1) is 6.92 Å². The fourth-order valence-corrected chi connectivity index (χ4v) is 2.90. The van der Waals surface area contributed by atoms with Crippen molar-refractivity contribution in [1.29, 1.82) is 0 Å². The van der Waals surface area contributed by atoms with Crippen LogP contribution in [0.4, 0.5) is 13.2 Å². The van der Waals surface area contributed by atoms with Crippen LogP contribution in [-0.2, 0) is 6.18 Å². The van der Waals surface area contributed by atoms with Gasteiger partial charge in [-0.05, 0) is 24.6 Å². The molecule has 136 valence electrons. The number of nitrogens with zero attached hydrogens (tertiary/aromatic N) is 4. The van der Waals surface area contributed by atoms with E-state index in [0.29, 0.717) is 33.7 Å². The van der Waals surface area contributed by atoms with Crippen molar-refractivity contribution in [2.75, 3.05) is 0 Å². The first-order chi connectivity index (χ1) is 12.8. The molecule has 0 radical (unpaired) electrons. The number of aromatic amines is 1. The second kappa shape index (κ2) is 6.04. The van der Waals surface area contributed by atoms with Gasteiger partial charge in [0.1, 0.15) is 6.33 Å². The standard InChI is InChI=1S/C18H12F3N5O/c1-10-16(11-2-4-13(5-3-11)18(19,20)21)17-24-14(6-15(27)26(17)25-10)12-7-22-9-23-8-12/h2-9,25H,1H3. The number of benzene rings is 1. The lowest BCUT2D eigenvalue weighted by Gasteiger charge is -2.08. The summed E-state index contributed by atoms with van der Waals surface area (Å²) in [4.78, 5) is 24.8. The van der Waals surface area contributed by atoms with Crippen molar-refractivity contribution >= 4 is 5.65 Å². The Labute approximate surface area is 150 Å². The van der Waals surface area contributed by atoms with Crippen molar-refractivity contribution in [2.24, 2.45) is 0 Å². The van der Waals surface area contributed by atoms with Crippen molar-refractivity contribution in [2.45, 2.75) is 13.1 Å². The van der Waals surface area contributed by atoms with E-state index < -0.39 is 11.7 Å². The SMILES string of the molecule is Cc1[nH]n2c(=O)cc(-c3cncnc3)nc2c1-c1ccc(C(F)(F)F)cc1. The minimum absolute atomic E-state index is 0.318. The van der Waals surface area contributed by atoms with Crippen LogP contribution in [0.2, 0.25) is 0 Å². The molecular weight excluding hydrogens is 359 g/mol. The first-order valence-electron chi connectivity index (χ1n) is 7.90. The van der Waals surface area contributed by atoms with Crippen LogP contribution in [0.5, 0.6) is 0 Å². The van der Waals surface area contributed by atoms with Crippen molar-refractivity contribution in [3.63, 3.8) is 0 Å². The number of nitrogens with one attached hydrogen (secondary N) is 1. The zero-order chi connectivity index (χ0) is 19.2. The molecule has 6 nitrogen and oxygen atoms in total. The van der Waals surface area contributed by atoms with E-state index >= 15 is 0 Å². The fourth-order valence-electron chi connectivity index (χ4n) is 2.90. The molecule has 0 bridgehead atoms. The van der Waals surface area contributed by atoms with Gasteiger partial charge in [0.2, 0.25) is 0 Å². The number of rotatable bonds is 2. The number of hydrogen-bond acceptors (Lipinski definition) is 4. The summed E-state index contributed by atoms with van der Waals surface area (Å²) < 4.78 is 39.7. The summed E-state index contributed by atoms with van der Waals surface area (Å²) in [6, 6.07) is 6.08. The number of hydrogen-bond donors (Lipinski definition) is 1. The van der Waals surface area contributed by atoms with Gasteiger partial charge in [-0.1, -0.05) is 12.1 Å². The van der Waals surface area contributed by atoms with Gasteiger partial charge in [0.15, 0.2) is 5.65 Å². The Morgan fingerprint density at radius 2 is 1.70 bits per heavy atom. The van der Waals surface area contributed by atoms with Gasteiger partial charge in [0.25, 0.3) is 5.56 Å². The van der Waals surface area contributed by atoms with Gasteiger partial charge in [-0.15, -0.1) is 0 Å². The highest BCUT2D eigenvalue weighted by Crippen LogP contribution is 2.33. The molecule has 1 aromatic carbocycles. The summed E-state index contributed by atoms with van der Waals surface area (Å²) in [5, 5.41) is 2.91. The molecule has 0 fully saturated rings. The average Bonchev–Trinajstić information content (AvgIpc) is 2.98. The van der Waals surface area contributed by atoms with Crippen LogP contribution in [0.3, 0.4) is 0 Å². The number of aryl methyl sites for hydroxylation is 1. The number of fused-ring (bicyclic) bond motifs is 1. The van der Waals surface area contributed by atoms with Gasteiger partial charge in [-0.3, -0.25) is 9.89 Å². The molecule has 0 spiro atoms. The third kappa shape index (κ3) is 2.97. The predicted molar refractivity (Wildman–Crippen MR) is 92.0 cm³/mol. The summed E-state index contributed by atoms with van der Waals surface area (Å²) in [6.45, 7) is 1.73. The minimum Gasteiger partial charge on any atom is -0.293 e. The van der Waals surface area contributed by atoms with Crippen LogP contribution in [0.25, 0.3) is 28.0 Å². The third-order valence-corrected chi connectivity index (χ3v) is 4.15. The van der Waals surface area contributed by atoms with E-state index in [1.54, 1.807) is 6.92 Å². The number of alkyl halides is 3. The number of halogens is 3. The molecular formula is C18H12F3N5O. The zero-order valence-corrected chi connectivity index (χ0v) is 13.9. The van der Waals surface area contributed by atoms with Crippen LogP contribution in [0.1, 0.15) is 11.3 Å². The molecule has 9 heteroatoms. The zero-order valence-electron chi connectivity index (χ0n) is 13.9. The largest absolute Gasteiger partial charge is 0.416 e. The third-order valence-electron chi connectivity index (χ3n) is 4.15. The highest BCUT2D eigenvalue weighted by atomic mass is 19.4. The Hall–Kier alpha value is -3.49. The van der Waals surface area contributed by atoms with E-state index in [9.17, 15) is 18.0 Å². The van der Waals surface area contributed by atoms with E-state index in [-0.39, 0.29) is 5.56 Å². The smallest absolute Gasteiger partial charge is 0.293 e. The molecule has 3 heterocycles. The first-order valence-corrected chi connectivity index (χ1v) is 7.90. The van der Waals surface area contributed by atoms with Crippen molar-refractivity contribution in [3.05, 3.63) is 70.7 Å². The topological polar surface area (TPSA) is 75.9 Å². The lowest BCUT2D eigenvalue weighted by atomic mass is 10.0. The highest BCUT2D eigenvalue weighted by Gasteiger charge is 2.30. The fraction of sp³-hybridized carbons (Fsp3) is 0.111. The monoisotopic (exact) mass is 371 g/mol. The maximum Gasteiger partial charge on any atom is 0.416 e.